The predicted octanol–water partition coefficient (Wildman–Crippen LogP) is 4.32. The number of hydrogen-bond acceptors (Lipinski definition) is 4. The van der Waals surface area contributed by atoms with Gasteiger partial charge in [0.1, 0.15) is 0 Å². The summed E-state index contributed by atoms with van der Waals surface area (Å²) in [5, 5.41) is 0. The zero-order chi connectivity index (χ0) is 19.4. The average Bonchev–Trinajstić information content (AvgIpc) is 2.94. The third kappa shape index (κ3) is 4.12. The molecule has 1 heterocycles. The number of rotatable bonds is 5. The highest BCUT2D eigenvalue weighted by atomic mass is 32.2. The van der Waals surface area contributed by atoms with Crippen LogP contribution in [0.25, 0.3) is 0 Å². The first-order valence-corrected chi connectivity index (χ1v) is 10.7. The second-order valence-corrected chi connectivity index (χ2v) is 8.80. The summed E-state index contributed by atoms with van der Waals surface area (Å²) in [6, 6.07) is 12.8. The quantitative estimate of drug-likeness (QED) is 0.764. The van der Waals surface area contributed by atoms with E-state index in [0.29, 0.717) is 18.0 Å². The van der Waals surface area contributed by atoms with E-state index < -0.39 is 10.0 Å². The van der Waals surface area contributed by atoms with Crippen LogP contribution in [0, 0.1) is 6.92 Å². The molecule has 3 rings (SSSR count). The van der Waals surface area contributed by atoms with Crippen molar-refractivity contribution >= 4 is 10.0 Å². The Morgan fingerprint density at radius 3 is 2.30 bits per heavy atom. The number of ether oxygens (including phenoxy) is 2. The van der Waals surface area contributed by atoms with E-state index in [1.165, 1.54) is 19.8 Å². The second-order valence-electron chi connectivity index (χ2n) is 6.91. The zero-order valence-corrected chi connectivity index (χ0v) is 17.0. The molecule has 0 saturated carbocycles. The molecule has 2 aromatic rings. The summed E-state index contributed by atoms with van der Waals surface area (Å²) in [5.41, 5.74) is 2.22. The van der Waals surface area contributed by atoms with Crippen molar-refractivity contribution in [2.45, 2.75) is 43.5 Å². The molecule has 1 unspecified atom stereocenters. The molecule has 27 heavy (non-hydrogen) atoms. The van der Waals surface area contributed by atoms with Gasteiger partial charge in [-0.25, -0.2) is 8.42 Å². The van der Waals surface area contributed by atoms with Crippen LogP contribution in [0.1, 0.15) is 42.9 Å². The first-order valence-electron chi connectivity index (χ1n) is 9.28. The van der Waals surface area contributed by atoms with Crippen molar-refractivity contribution in [1.82, 2.24) is 4.31 Å². The minimum absolute atomic E-state index is 0.147. The van der Waals surface area contributed by atoms with Crippen LogP contribution in [0.3, 0.4) is 0 Å². The Morgan fingerprint density at radius 2 is 1.63 bits per heavy atom. The molecule has 0 amide bonds. The molecule has 1 atom stereocenters. The van der Waals surface area contributed by atoms with Crippen LogP contribution in [0.2, 0.25) is 0 Å². The maximum atomic E-state index is 13.5. The maximum absolute atomic E-state index is 13.5. The lowest BCUT2D eigenvalue weighted by Gasteiger charge is -2.30. The van der Waals surface area contributed by atoms with E-state index in [1.54, 1.807) is 22.5 Å². The van der Waals surface area contributed by atoms with Gasteiger partial charge in [0.25, 0.3) is 0 Å². The van der Waals surface area contributed by atoms with E-state index in [0.717, 1.165) is 31.2 Å². The Kier molecular flexibility index (Phi) is 6.07. The molecule has 1 aliphatic rings. The van der Waals surface area contributed by atoms with Crippen molar-refractivity contribution in [2.24, 2.45) is 0 Å². The van der Waals surface area contributed by atoms with Crippen LogP contribution in [0.4, 0.5) is 0 Å². The van der Waals surface area contributed by atoms with E-state index in [2.05, 4.69) is 0 Å². The Balaban J connectivity index is 2.02. The summed E-state index contributed by atoms with van der Waals surface area (Å²) in [5.74, 6) is 0.933. The molecule has 0 bridgehead atoms. The van der Waals surface area contributed by atoms with Gasteiger partial charge in [-0.1, -0.05) is 42.7 Å². The van der Waals surface area contributed by atoms with Crippen LogP contribution < -0.4 is 9.47 Å². The molecule has 0 aliphatic carbocycles. The molecular formula is C21H27NO4S. The summed E-state index contributed by atoms with van der Waals surface area (Å²) in [6.07, 6.45) is 3.77. The van der Waals surface area contributed by atoms with Crippen molar-refractivity contribution in [3.63, 3.8) is 0 Å². The standard InChI is InChI=1S/C21H27NO4S/c1-16-8-10-17(11-9-16)19-7-5-4-6-14-22(19)27(23,24)18-12-13-20(25-2)21(15-18)26-3/h8-13,15,19H,4-7,14H2,1-3H3. The van der Waals surface area contributed by atoms with Gasteiger partial charge in [0, 0.05) is 12.6 Å². The highest BCUT2D eigenvalue weighted by Gasteiger charge is 2.33. The molecule has 1 fully saturated rings. The molecule has 5 nitrogen and oxygen atoms in total. The zero-order valence-electron chi connectivity index (χ0n) is 16.1. The summed E-state index contributed by atoms with van der Waals surface area (Å²) in [7, 11) is -0.607. The van der Waals surface area contributed by atoms with Crippen LogP contribution in [-0.2, 0) is 10.0 Å². The lowest BCUT2D eigenvalue weighted by molar-refractivity contribution is 0.328. The first kappa shape index (κ1) is 19.7. The minimum Gasteiger partial charge on any atom is -0.493 e. The van der Waals surface area contributed by atoms with Gasteiger partial charge in [0.05, 0.1) is 25.2 Å². The SMILES string of the molecule is COc1ccc(S(=O)(=O)N2CCCCCC2c2ccc(C)cc2)cc1OC. The van der Waals surface area contributed by atoms with Crippen LogP contribution in [-0.4, -0.2) is 33.5 Å². The Bertz CT molecular complexity index is 878. The highest BCUT2D eigenvalue weighted by Crippen LogP contribution is 2.37. The molecule has 0 aromatic heterocycles. The molecule has 0 spiro atoms. The van der Waals surface area contributed by atoms with Gasteiger partial charge in [-0.2, -0.15) is 4.31 Å². The number of aryl methyl sites for hydroxylation is 1. The molecule has 146 valence electrons. The van der Waals surface area contributed by atoms with Gasteiger partial charge in [0.15, 0.2) is 11.5 Å². The largest absolute Gasteiger partial charge is 0.493 e. The number of methoxy groups -OCH3 is 2. The third-order valence-electron chi connectivity index (χ3n) is 5.13. The van der Waals surface area contributed by atoms with Crippen molar-refractivity contribution in [3.8, 4) is 11.5 Å². The number of sulfonamides is 1. The monoisotopic (exact) mass is 389 g/mol. The fourth-order valence-electron chi connectivity index (χ4n) is 3.60. The molecule has 1 saturated heterocycles. The lowest BCUT2D eigenvalue weighted by atomic mass is 10.0. The Labute approximate surface area is 162 Å². The van der Waals surface area contributed by atoms with Crippen LogP contribution in [0.5, 0.6) is 11.5 Å². The fraction of sp³-hybridized carbons (Fsp3) is 0.429. The van der Waals surface area contributed by atoms with Gasteiger partial charge >= 0.3 is 0 Å². The Hall–Kier alpha value is -2.05. The van der Waals surface area contributed by atoms with E-state index in [4.69, 9.17) is 9.47 Å². The maximum Gasteiger partial charge on any atom is 0.243 e. The second kappa shape index (κ2) is 8.31. The number of hydrogen-bond donors (Lipinski definition) is 0. The fourth-order valence-corrected chi connectivity index (χ4v) is 5.30. The third-order valence-corrected chi connectivity index (χ3v) is 7.03. The lowest BCUT2D eigenvalue weighted by Crippen LogP contribution is -2.34. The number of nitrogens with zero attached hydrogens (tertiary/aromatic N) is 1. The topological polar surface area (TPSA) is 55.8 Å². The highest BCUT2D eigenvalue weighted by molar-refractivity contribution is 7.89. The normalized spacial score (nSPS) is 18.7. The van der Waals surface area contributed by atoms with Crippen molar-refractivity contribution in [2.75, 3.05) is 20.8 Å². The van der Waals surface area contributed by atoms with E-state index in [1.807, 2.05) is 31.2 Å². The molecule has 2 aromatic carbocycles. The van der Waals surface area contributed by atoms with Crippen LogP contribution >= 0.6 is 0 Å². The minimum atomic E-state index is -3.65. The summed E-state index contributed by atoms with van der Waals surface area (Å²) in [4.78, 5) is 0.235. The smallest absolute Gasteiger partial charge is 0.243 e. The number of benzene rings is 2. The first-order chi connectivity index (χ1) is 13.0. The molecule has 1 aliphatic heterocycles. The summed E-state index contributed by atoms with van der Waals surface area (Å²) < 4.78 is 39.2. The molecule has 0 radical (unpaired) electrons. The summed E-state index contributed by atoms with van der Waals surface area (Å²) >= 11 is 0. The van der Waals surface area contributed by atoms with E-state index in [-0.39, 0.29) is 10.9 Å². The van der Waals surface area contributed by atoms with Crippen molar-refractivity contribution in [3.05, 3.63) is 53.6 Å². The van der Waals surface area contributed by atoms with Crippen LogP contribution in [0.15, 0.2) is 47.4 Å². The molecular weight excluding hydrogens is 362 g/mol. The van der Waals surface area contributed by atoms with E-state index in [9.17, 15) is 8.42 Å². The van der Waals surface area contributed by atoms with Crippen molar-refractivity contribution < 1.29 is 17.9 Å². The van der Waals surface area contributed by atoms with Gasteiger partial charge in [-0.15, -0.1) is 0 Å². The summed E-state index contributed by atoms with van der Waals surface area (Å²) in [6.45, 7) is 2.56. The predicted molar refractivity (Wildman–Crippen MR) is 106 cm³/mol. The van der Waals surface area contributed by atoms with Gasteiger partial charge in [0.2, 0.25) is 10.0 Å². The molecule has 6 heteroatoms. The van der Waals surface area contributed by atoms with Gasteiger partial charge in [-0.05, 0) is 37.5 Å². The van der Waals surface area contributed by atoms with Crippen molar-refractivity contribution in [1.29, 1.82) is 0 Å². The van der Waals surface area contributed by atoms with Gasteiger partial charge < -0.3 is 9.47 Å². The molecule has 0 N–H and O–H groups in total. The van der Waals surface area contributed by atoms with Gasteiger partial charge in [-0.3, -0.25) is 0 Å². The Morgan fingerprint density at radius 1 is 0.926 bits per heavy atom. The average molecular weight is 390 g/mol. The van der Waals surface area contributed by atoms with E-state index >= 15 is 0 Å².